The zero-order valence-electron chi connectivity index (χ0n) is 11.3. The summed E-state index contributed by atoms with van der Waals surface area (Å²) in [5.74, 6) is -0.867. The summed E-state index contributed by atoms with van der Waals surface area (Å²) in [6.07, 6.45) is 2.70. The van der Waals surface area contributed by atoms with Crippen molar-refractivity contribution in [2.75, 3.05) is 0 Å². The van der Waals surface area contributed by atoms with Gasteiger partial charge in [0.1, 0.15) is 5.15 Å². The number of nitrogens with zero attached hydrogens (tertiary/aromatic N) is 1. The van der Waals surface area contributed by atoms with Crippen molar-refractivity contribution in [2.45, 2.75) is 0 Å². The van der Waals surface area contributed by atoms with Gasteiger partial charge < -0.3 is 0 Å². The molecule has 0 fully saturated rings. The van der Waals surface area contributed by atoms with Crippen LogP contribution in [-0.2, 0) is 10.0 Å². The van der Waals surface area contributed by atoms with Gasteiger partial charge in [0.05, 0.1) is 16.0 Å². The third-order valence-electron chi connectivity index (χ3n) is 2.63. The number of halogens is 3. The molecule has 0 atom stereocenters. The number of rotatable bonds is 4. The number of pyridine rings is 1. The van der Waals surface area contributed by atoms with Gasteiger partial charge in [-0.15, -0.1) is 0 Å². The monoisotopic (exact) mass is 390 g/mol. The van der Waals surface area contributed by atoms with Gasteiger partial charge in [0.25, 0.3) is 15.9 Å². The summed E-state index contributed by atoms with van der Waals surface area (Å²) in [6.45, 7) is 0. The molecule has 9 heteroatoms. The van der Waals surface area contributed by atoms with Gasteiger partial charge in [-0.1, -0.05) is 40.9 Å². The Morgan fingerprint density at radius 1 is 1.17 bits per heavy atom. The van der Waals surface area contributed by atoms with Gasteiger partial charge in [-0.3, -0.25) is 4.79 Å². The summed E-state index contributed by atoms with van der Waals surface area (Å²) in [4.78, 5) is 15.8. The minimum absolute atomic E-state index is 0.00699. The second-order valence-electron chi connectivity index (χ2n) is 4.29. The maximum Gasteiger partial charge on any atom is 0.266 e. The van der Waals surface area contributed by atoms with E-state index in [-0.39, 0.29) is 15.7 Å². The lowest BCUT2D eigenvalue weighted by atomic mass is 10.2. The van der Waals surface area contributed by atoms with Crippen LogP contribution in [0.15, 0.2) is 41.9 Å². The molecular formula is C14H9Cl3N2O3S. The van der Waals surface area contributed by atoms with Crippen LogP contribution in [0.25, 0.3) is 6.08 Å². The second-order valence-corrected chi connectivity index (χ2v) is 7.05. The first-order valence-electron chi connectivity index (χ1n) is 6.09. The lowest BCUT2D eigenvalue weighted by molar-refractivity contribution is 0.0982. The summed E-state index contributed by atoms with van der Waals surface area (Å²) >= 11 is 17.4. The molecule has 1 aromatic heterocycles. The highest BCUT2D eigenvalue weighted by atomic mass is 35.5. The number of hydrogen-bond donors (Lipinski definition) is 1. The first-order valence-corrected chi connectivity index (χ1v) is 8.77. The highest BCUT2D eigenvalue weighted by Gasteiger charge is 2.16. The Bertz CT molecular complexity index is 883. The Kier molecular flexibility index (Phi) is 5.64. The highest BCUT2D eigenvalue weighted by molar-refractivity contribution is 7.93. The van der Waals surface area contributed by atoms with Crippen LogP contribution in [0, 0.1) is 0 Å². The average Bonchev–Trinajstić information content (AvgIpc) is 2.45. The third kappa shape index (κ3) is 4.94. The normalized spacial score (nSPS) is 11.6. The number of carbonyl (C=O) groups is 1. The fraction of sp³-hybridized carbons (Fsp3) is 0. The van der Waals surface area contributed by atoms with Gasteiger partial charge in [-0.05, 0) is 30.3 Å². The highest BCUT2D eigenvalue weighted by Crippen LogP contribution is 2.21. The zero-order valence-corrected chi connectivity index (χ0v) is 14.4. The van der Waals surface area contributed by atoms with Crippen LogP contribution in [0.1, 0.15) is 15.9 Å². The summed E-state index contributed by atoms with van der Waals surface area (Å²) in [7, 11) is -4.03. The number of aromatic nitrogens is 1. The molecule has 23 heavy (non-hydrogen) atoms. The number of carbonyl (C=O) groups excluding carboxylic acids is 1. The number of sulfonamides is 1. The standard InChI is InChI=1S/C14H9Cl3N2O3S/c15-10-3-4-11(12(16)8-10)14(20)19-23(21,22)7-5-9-2-1-6-18-13(9)17/h1-8H,(H,19,20). The molecule has 0 radical (unpaired) electrons. The number of benzene rings is 1. The summed E-state index contributed by atoms with van der Waals surface area (Å²) in [5, 5.41) is 1.34. The Morgan fingerprint density at radius 2 is 1.91 bits per heavy atom. The fourth-order valence-electron chi connectivity index (χ4n) is 1.58. The van der Waals surface area contributed by atoms with Gasteiger partial charge in [0.2, 0.25) is 0 Å². The van der Waals surface area contributed by atoms with E-state index in [2.05, 4.69) is 4.98 Å². The summed E-state index contributed by atoms with van der Waals surface area (Å²) in [6, 6.07) is 7.29. The Balaban J connectivity index is 2.18. The fourth-order valence-corrected chi connectivity index (χ4v) is 3.02. The maximum absolute atomic E-state index is 12.0. The van der Waals surface area contributed by atoms with E-state index in [1.165, 1.54) is 30.5 Å². The molecule has 2 aromatic rings. The Labute approximate surface area is 147 Å². The van der Waals surface area contributed by atoms with Crippen molar-refractivity contribution in [3.63, 3.8) is 0 Å². The molecular weight excluding hydrogens is 383 g/mol. The van der Waals surface area contributed by atoms with Crippen molar-refractivity contribution in [3.8, 4) is 0 Å². The Morgan fingerprint density at radius 3 is 2.57 bits per heavy atom. The van der Waals surface area contributed by atoms with E-state index in [1.807, 2.05) is 4.72 Å². The van der Waals surface area contributed by atoms with Gasteiger partial charge in [0.15, 0.2) is 0 Å². The van der Waals surface area contributed by atoms with Gasteiger partial charge in [-0.25, -0.2) is 18.1 Å². The van der Waals surface area contributed by atoms with Gasteiger partial charge in [-0.2, -0.15) is 0 Å². The predicted molar refractivity (Wildman–Crippen MR) is 91.1 cm³/mol. The maximum atomic E-state index is 12.0. The molecule has 0 spiro atoms. The van der Waals surface area contributed by atoms with Crippen LogP contribution < -0.4 is 4.72 Å². The number of hydrogen-bond acceptors (Lipinski definition) is 4. The van der Waals surface area contributed by atoms with Crippen LogP contribution in [0.5, 0.6) is 0 Å². The molecule has 0 saturated carbocycles. The molecule has 0 bridgehead atoms. The van der Waals surface area contributed by atoms with Crippen LogP contribution in [-0.4, -0.2) is 19.3 Å². The van der Waals surface area contributed by atoms with Crippen molar-refractivity contribution in [2.24, 2.45) is 0 Å². The zero-order chi connectivity index (χ0) is 17.0. The molecule has 1 aromatic carbocycles. The quantitative estimate of drug-likeness (QED) is 0.805. The largest absolute Gasteiger partial charge is 0.268 e. The lowest BCUT2D eigenvalue weighted by Gasteiger charge is -2.05. The third-order valence-corrected chi connectivity index (χ3v) is 4.45. The van der Waals surface area contributed by atoms with Crippen LogP contribution >= 0.6 is 34.8 Å². The smallest absolute Gasteiger partial charge is 0.266 e. The summed E-state index contributed by atoms with van der Waals surface area (Å²) < 4.78 is 25.7. The minimum atomic E-state index is -4.03. The van der Waals surface area contributed by atoms with E-state index in [4.69, 9.17) is 34.8 Å². The first kappa shape index (κ1) is 17.7. The van der Waals surface area contributed by atoms with E-state index in [0.717, 1.165) is 5.41 Å². The van der Waals surface area contributed by atoms with E-state index in [1.54, 1.807) is 12.1 Å². The van der Waals surface area contributed by atoms with Gasteiger partial charge >= 0.3 is 0 Å². The predicted octanol–water partition coefficient (Wildman–Crippen LogP) is 3.77. The second kappa shape index (κ2) is 7.31. The van der Waals surface area contributed by atoms with E-state index < -0.39 is 15.9 Å². The molecule has 1 N–H and O–H groups in total. The molecule has 2 rings (SSSR count). The van der Waals surface area contributed by atoms with E-state index in [9.17, 15) is 13.2 Å². The van der Waals surface area contributed by atoms with Crippen LogP contribution in [0.3, 0.4) is 0 Å². The minimum Gasteiger partial charge on any atom is -0.268 e. The van der Waals surface area contributed by atoms with Gasteiger partial charge in [0, 0.05) is 16.8 Å². The summed E-state index contributed by atoms with van der Waals surface area (Å²) in [5.41, 5.74) is 0.393. The molecule has 0 aliphatic heterocycles. The van der Waals surface area contributed by atoms with Crippen molar-refractivity contribution >= 4 is 56.8 Å². The topological polar surface area (TPSA) is 76.1 Å². The van der Waals surface area contributed by atoms with Crippen LogP contribution in [0.4, 0.5) is 0 Å². The molecule has 0 unspecified atom stereocenters. The van der Waals surface area contributed by atoms with Crippen LogP contribution in [0.2, 0.25) is 15.2 Å². The van der Waals surface area contributed by atoms with E-state index in [0.29, 0.717) is 10.6 Å². The van der Waals surface area contributed by atoms with Crippen molar-refractivity contribution < 1.29 is 13.2 Å². The molecule has 1 amide bonds. The first-order chi connectivity index (χ1) is 10.8. The average molecular weight is 392 g/mol. The van der Waals surface area contributed by atoms with Crippen molar-refractivity contribution in [3.05, 3.63) is 68.3 Å². The van der Waals surface area contributed by atoms with E-state index >= 15 is 0 Å². The van der Waals surface area contributed by atoms with Crippen molar-refractivity contribution in [1.29, 1.82) is 0 Å². The number of amides is 1. The molecule has 5 nitrogen and oxygen atoms in total. The lowest BCUT2D eigenvalue weighted by Crippen LogP contribution is -2.29. The molecule has 0 saturated heterocycles. The molecule has 0 aliphatic carbocycles. The van der Waals surface area contributed by atoms with Crippen molar-refractivity contribution in [1.82, 2.24) is 9.71 Å². The molecule has 1 heterocycles. The molecule has 0 aliphatic rings. The number of nitrogens with one attached hydrogen (secondary N) is 1. The SMILES string of the molecule is O=C(NS(=O)(=O)C=Cc1cccnc1Cl)c1ccc(Cl)cc1Cl. The molecule has 120 valence electrons. The Hall–Kier alpha value is -1.60.